The SMILES string of the molecule is CC1CN(S(=O)(=O)c2cc(C(=O)Nc3cc(Cl)ccc3N3CCCCC3)ccc2Cl)CC(C)O1. The molecule has 4 rings (SSSR count). The molecule has 2 unspecified atom stereocenters. The van der Waals surface area contributed by atoms with Crippen LogP contribution in [0, 0.1) is 0 Å². The van der Waals surface area contributed by atoms with Crippen molar-refractivity contribution in [3.63, 3.8) is 0 Å². The molecule has 1 N–H and O–H groups in total. The predicted molar refractivity (Wildman–Crippen MR) is 136 cm³/mol. The monoisotopic (exact) mass is 525 g/mol. The molecule has 10 heteroatoms. The van der Waals surface area contributed by atoms with Gasteiger partial charge >= 0.3 is 0 Å². The van der Waals surface area contributed by atoms with Gasteiger partial charge in [-0.25, -0.2) is 8.42 Å². The predicted octanol–water partition coefficient (Wildman–Crippen LogP) is 5.03. The first-order valence-electron chi connectivity index (χ1n) is 11.5. The van der Waals surface area contributed by atoms with E-state index >= 15 is 0 Å². The largest absolute Gasteiger partial charge is 0.373 e. The Morgan fingerprint density at radius 1 is 1.00 bits per heavy atom. The van der Waals surface area contributed by atoms with Crippen LogP contribution in [0.3, 0.4) is 0 Å². The highest BCUT2D eigenvalue weighted by molar-refractivity contribution is 7.89. The smallest absolute Gasteiger partial charge is 0.255 e. The van der Waals surface area contributed by atoms with Gasteiger partial charge in [0.2, 0.25) is 10.0 Å². The quantitative estimate of drug-likeness (QED) is 0.591. The fourth-order valence-corrected chi connectivity index (χ4v) is 6.78. The van der Waals surface area contributed by atoms with Crippen molar-refractivity contribution in [3.05, 3.63) is 52.0 Å². The molecule has 0 bridgehead atoms. The fourth-order valence-electron chi connectivity index (χ4n) is 4.52. The minimum Gasteiger partial charge on any atom is -0.373 e. The zero-order chi connectivity index (χ0) is 24.5. The average molecular weight is 526 g/mol. The van der Waals surface area contributed by atoms with Gasteiger partial charge in [0, 0.05) is 36.8 Å². The van der Waals surface area contributed by atoms with E-state index in [1.165, 1.54) is 28.9 Å². The molecule has 2 saturated heterocycles. The Kier molecular flexibility index (Phi) is 7.74. The maximum atomic E-state index is 13.4. The molecule has 2 aromatic rings. The van der Waals surface area contributed by atoms with Crippen molar-refractivity contribution in [1.82, 2.24) is 4.31 Å². The highest BCUT2D eigenvalue weighted by atomic mass is 35.5. The highest BCUT2D eigenvalue weighted by Gasteiger charge is 2.34. The van der Waals surface area contributed by atoms with Crippen molar-refractivity contribution in [2.75, 3.05) is 36.4 Å². The number of halogens is 2. The number of piperidine rings is 1. The van der Waals surface area contributed by atoms with Crippen molar-refractivity contribution in [2.45, 2.75) is 50.2 Å². The summed E-state index contributed by atoms with van der Waals surface area (Å²) in [6.45, 7) is 5.92. The fraction of sp³-hybridized carbons (Fsp3) is 0.458. The summed E-state index contributed by atoms with van der Waals surface area (Å²) in [4.78, 5) is 15.3. The number of amides is 1. The summed E-state index contributed by atoms with van der Waals surface area (Å²) in [6, 6.07) is 9.73. The van der Waals surface area contributed by atoms with Crippen LogP contribution in [0.25, 0.3) is 0 Å². The van der Waals surface area contributed by atoms with Gasteiger partial charge < -0.3 is 15.0 Å². The maximum absolute atomic E-state index is 13.4. The van der Waals surface area contributed by atoms with Crippen LogP contribution < -0.4 is 10.2 Å². The third kappa shape index (κ3) is 5.52. The highest BCUT2D eigenvalue weighted by Crippen LogP contribution is 2.33. The molecule has 0 aromatic heterocycles. The number of anilines is 2. The van der Waals surface area contributed by atoms with Crippen LogP contribution >= 0.6 is 23.2 Å². The second-order valence-corrected chi connectivity index (χ2v) is 11.6. The van der Waals surface area contributed by atoms with Gasteiger partial charge in [-0.15, -0.1) is 0 Å². The van der Waals surface area contributed by atoms with E-state index in [2.05, 4.69) is 10.2 Å². The van der Waals surface area contributed by atoms with Crippen molar-refractivity contribution >= 4 is 50.5 Å². The van der Waals surface area contributed by atoms with E-state index in [0.717, 1.165) is 31.6 Å². The van der Waals surface area contributed by atoms with Gasteiger partial charge in [-0.05, 0) is 69.5 Å². The minimum absolute atomic E-state index is 0.0695. The topological polar surface area (TPSA) is 79.0 Å². The van der Waals surface area contributed by atoms with Gasteiger partial charge in [0.1, 0.15) is 4.90 Å². The van der Waals surface area contributed by atoms with Crippen LogP contribution in [0.15, 0.2) is 41.3 Å². The normalized spacial score (nSPS) is 21.9. The molecule has 7 nitrogen and oxygen atoms in total. The Morgan fingerprint density at radius 3 is 2.35 bits per heavy atom. The lowest BCUT2D eigenvalue weighted by Gasteiger charge is -2.34. The third-order valence-electron chi connectivity index (χ3n) is 6.10. The zero-order valence-electron chi connectivity index (χ0n) is 19.3. The number of carbonyl (C=O) groups is 1. The third-order valence-corrected chi connectivity index (χ3v) is 8.65. The molecule has 1 amide bonds. The van der Waals surface area contributed by atoms with Gasteiger partial charge in [-0.2, -0.15) is 4.31 Å². The van der Waals surface area contributed by atoms with Gasteiger partial charge in [0.05, 0.1) is 28.6 Å². The summed E-state index contributed by atoms with van der Waals surface area (Å²) >= 11 is 12.5. The minimum atomic E-state index is -3.91. The number of hydrogen-bond donors (Lipinski definition) is 1. The summed E-state index contributed by atoms with van der Waals surface area (Å²) in [5.74, 6) is -0.433. The lowest BCUT2D eigenvalue weighted by molar-refractivity contribution is -0.0440. The number of rotatable bonds is 5. The number of carbonyl (C=O) groups excluding carboxylic acids is 1. The Bertz CT molecular complexity index is 1160. The lowest BCUT2D eigenvalue weighted by Crippen LogP contribution is -2.48. The summed E-state index contributed by atoms with van der Waals surface area (Å²) in [5.41, 5.74) is 1.69. The number of nitrogens with zero attached hydrogens (tertiary/aromatic N) is 2. The van der Waals surface area contributed by atoms with E-state index in [4.69, 9.17) is 27.9 Å². The van der Waals surface area contributed by atoms with Gasteiger partial charge in [-0.1, -0.05) is 23.2 Å². The summed E-state index contributed by atoms with van der Waals surface area (Å²) in [7, 11) is -3.91. The second kappa shape index (κ2) is 10.4. The van der Waals surface area contributed by atoms with E-state index in [0.29, 0.717) is 10.7 Å². The summed E-state index contributed by atoms with van der Waals surface area (Å²) < 4.78 is 33.8. The van der Waals surface area contributed by atoms with Crippen LogP contribution in [0.5, 0.6) is 0 Å². The van der Waals surface area contributed by atoms with Crippen molar-refractivity contribution in [1.29, 1.82) is 0 Å². The van der Waals surface area contributed by atoms with Gasteiger partial charge in [0.15, 0.2) is 0 Å². The van der Waals surface area contributed by atoms with Crippen molar-refractivity contribution < 1.29 is 17.9 Å². The molecule has 2 aromatic carbocycles. The molecule has 34 heavy (non-hydrogen) atoms. The molecule has 0 saturated carbocycles. The molecular weight excluding hydrogens is 497 g/mol. The molecule has 2 heterocycles. The van der Waals surface area contributed by atoms with Crippen LogP contribution in [0.4, 0.5) is 11.4 Å². The standard InChI is InChI=1S/C24H29Cl2N3O4S/c1-16-14-29(15-17(2)33-16)34(31,32)23-12-18(6-8-20(23)26)24(30)27-21-13-19(25)7-9-22(21)28-10-4-3-5-11-28/h6-9,12-13,16-17H,3-5,10-11,14-15H2,1-2H3,(H,27,30). The molecule has 0 aliphatic carbocycles. The number of morpholine rings is 1. The number of nitrogens with one attached hydrogen (secondary N) is 1. The Labute approximate surface area is 211 Å². The first-order valence-corrected chi connectivity index (χ1v) is 13.7. The number of benzene rings is 2. The molecule has 2 aliphatic rings. The first kappa shape index (κ1) is 25.3. The molecule has 2 aliphatic heterocycles. The van der Waals surface area contributed by atoms with Crippen LogP contribution in [-0.2, 0) is 14.8 Å². The van der Waals surface area contributed by atoms with Crippen molar-refractivity contribution in [3.8, 4) is 0 Å². The molecule has 2 atom stereocenters. The zero-order valence-corrected chi connectivity index (χ0v) is 21.6. The van der Waals surface area contributed by atoms with Crippen molar-refractivity contribution in [2.24, 2.45) is 0 Å². The number of hydrogen-bond acceptors (Lipinski definition) is 5. The Hall–Kier alpha value is -1.84. The average Bonchev–Trinajstić information content (AvgIpc) is 2.79. The summed E-state index contributed by atoms with van der Waals surface area (Å²) in [5, 5.41) is 3.50. The lowest BCUT2D eigenvalue weighted by atomic mass is 10.1. The number of sulfonamides is 1. The Balaban J connectivity index is 1.61. The molecule has 2 fully saturated rings. The van der Waals surface area contributed by atoms with Gasteiger partial charge in [0.25, 0.3) is 5.91 Å². The van der Waals surface area contributed by atoms with E-state index in [1.807, 2.05) is 19.9 Å². The molecule has 0 radical (unpaired) electrons. The first-order chi connectivity index (χ1) is 16.1. The van der Waals surface area contributed by atoms with Gasteiger partial charge in [-0.3, -0.25) is 4.79 Å². The molecule has 0 spiro atoms. The van der Waals surface area contributed by atoms with Crippen LogP contribution in [0.2, 0.25) is 10.0 Å². The van der Waals surface area contributed by atoms with E-state index in [-0.39, 0.29) is 40.8 Å². The van der Waals surface area contributed by atoms with E-state index in [9.17, 15) is 13.2 Å². The maximum Gasteiger partial charge on any atom is 0.255 e. The van der Waals surface area contributed by atoms with E-state index in [1.54, 1.807) is 12.1 Å². The summed E-state index contributed by atoms with van der Waals surface area (Å²) in [6.07, 6.45) is 2.90. The number of ether oxygens (including phenoxy) is 1. The Morgan fingerprint density at radius 2 is 1.68 bits per heavy atom. The molecule has 184 valence electrons. The van der Waals surface area contributed by atoms with E-state index < -0.39 is 15.9 Å². The van der Waals surface area contributed by atoms with Crippen LogP contribution in [0.1, 0.15) is 43.5 Å². The second-order valence-electron chi connectivity index (χ2n) is 8.89. The van der Waals surface area contributed by atoms with Crippen LogP contribution in [-0.4, -0.2) is 57.0 Å². The molecular formula is C24H29Cl2N3O4S.